The van der Waals surface area contributed by atoms with Crippen molar-refractivity contribution in [1.29, 1.82) is 0 Å². The van der Waals surface area contributed by atoms with Gasteiger partial charge in [0, 0.05) is 28.4 Å². The summed E-state index contributed by atoms with van der Waals surface area (Å²) in [7, 11) is 0. The Morgan fingerprint density at radius 3 is 2.56 bits per heavy atom. The quantitative estimate of drug-likeness (QED) is 0.412. The number of halogens is 3. The van der Waals surface area contributed by atoms with E-state index in [1.807, 2.05) is 0 Å². The molecular formula is C16H19F3N2O3S. The van der Waals surface area contributed by atoms with E-state index < -0.39 is 28.0 Å². The lowest BCUT2D eigenvalue weighted by atomic mass is 10.1. The smallest absolute Gasteiger partial charge is 0.383 e. The number of alkyl halides is 3. The second-order valence-corrected chi connectivity index (χ2v) is 7.18. The molecule has 0 fully saturated rings. The largest absolute Gasteiger partial charge is 0.423 e. The molecule has 9 heteroatoms. The molecule has 2 aromatic rings. The summed E-state index contributed by atoms with van der Waals surface area (Å²) in [6.07, 6.45) is -2.79. The van der Waals surface area contributed by atoms with Crippen molar-refractivity contribution in [2.45, 2.75) is 38.5 Å². The average molecular weight is 376 g/mol. The molecule has 0 saturated heterocycles. The summed E-state index contributed by atoms with van der Waals surface area (Å²) in [5, 5.41) is 21.8. The molecule has 0 aliphatic heterocycles. The lowest BCUT2D eigenvalue weighted by Crippen LogP contribution is -2.25. The Morgan fingerprint density at radius 1 is 1.32 bits per heavy atom. The highest BCUT2D eigenvalue weighted by Crippen LogP contribution is 2.39. The Morgan fingerprint density at radius 2 is 2.00 bits per heavy atom. The van der Waals surface area contributed by atoms with Gasteiger partial charge in [0.25, 0.3) is 5.69 Å². The molecule has 2 rings (SSSR count). The molecule has 1 atom stereocenters. The van der Waals surface area contributed by atoms with Crippen molar-refractivity contribution in [1.82, 2.24) is 4.98 Å². The first-order chi connectivity index (χ1) is 11.6. The maximum Gasteiger partial charge on any atom is 0.423 e. The van der Waals surface area contributed by atoms with Crippen molar-refractivity contribution in [3.05, 3.63) is 39.6 Å². The van der Waals surface area contributed by atoms with E-state index in [1.54, 1.807) is 18.7 Å². The van der Waals surface area contributed by atoms with Crippen LogP contribution in [0.3, 0.4) is 0 Å². The molecule has 0 bridgehead atoms. The number of hydrogen-bond acceptors (Lipinski definition) is 4. The van der Waals surface area contributed by atoms with Crippen LogP contribution in [0.5, 0.6) is 0 Å². The number of nitro groups is 1. The normalized spacial score (nSPS) is 14.6. The van der Waals surface area contributed by atoms with Crippen LogP contribution in [0.4, 0.5) is 18.9 Å². The number of benzene rings is 1. The predicted octanol–water partition coefficient (Wildman–Crippen LogP) is 4.84. The van der Waals surface area contributed by atoms with E-state index >= 15 is 0 Å². The van der Waals surface area contributed by atoms with Gasteiger partial charge in [-0.25, -0.2) is 0 Å². The Balaban J connectivity index is 2.40. The maximum absolute atomic E-state index is 13.0. The van der Waals surface area contributed by atoms with Crippen LogP contribution in [0.25, 0.3) is 10.9 Å². The number of aromatic nitrogens is 1. The van der Waals surface area contributed by atoms with Crippen LogP contribution in [-0.2, 0) is 11.8 Å². The van der Waals surface area contributed by atoms with Gasteiger partial charge in [0.2, 0.25) is 0 Å². The number of fused-ring (bicyclic) bond motifs is 1. The van der Waals surface area contributed by atoms with Crippen LogP contribution >= 0.6 is 11.8 Å². The summed E-state index contributed by atoms with van der Waals surface area (Å²) >= 11 is 1.55. The number of nitrogens with one attached hydrogen (secondary N) is 1. The Labute approximate surface area is 146 Å². The van der Waals surface area contributed by atoms with E-state index in [0.717, 1.165) is 30.7 Å². The first kappa shape index (κ1) is 19.6. The van der Waals surface area contributed by atoms with Crippen LogP contribution in [0, 0.1) is 10.1 Å². The number of nitro benzene ring substituents is 1. The first-order valence-corrected chi connectivity index (χ1v) is 8.90. The van der Waals surface area contributed by atoms with Crippen molar-refractivity contribution in [2.75, 3.05) is 11.5 Å². The number of unbranched alkanes of at least 4 members (excludes halogenated alkanes) is 1. The van der Waals surface area contributed by atoms with Crippen molar-refractivity contribution in [3.63, 3.8) is 0 Å². The number of rotatable bonds is 7. The fraction of sp³-hybridized carbons (Fsp3) is 0.500. The van der Waals surface area contributed by atoms with Gasteiger partial charge in [-0.3, -0.25) is 10.1 Å². The lowest BCUT2D eigenvalue weighted by molar-refractivity contribution is -0.387. The summed E-state index contributed by atoms with van der Waals surface area (Å²) in [6.45, 7) is 3.62. The molecule has 1 heterocycles. The van der Waals surface area contributed by atoms with Crippen molar-refractivity contribution in [2.24, 2.45) is 0 Å². The molecular weight excluding hydrogens is 357 g/mol. The topological polar surface area (TPSA) is 79.2 Å². The fourth-order valence-corrected chi connectivity index (χ4v) is 3.62. The molecule has 1 aromatic heterocycles. The van der Waals surface area contributed by atoms with E-state index in [9.17, 15) is 28.4 Å². The maximum atomic E-state index is 13.0. The lowest BCUT2D eigenvalue weighted by Gasteiger charge is -2.21. The Hall–Kier alpha value is -1.74. The van der Waals surface area contributed by atoms with Gasteiger partial charge in [-0.2, -0.15) is 24.9 Å². The van der Waals surface area contributed by atoms with E-state index in [4.69, 9.17) is 0 Å². The highest BCUT2D eigenvalue weighted by Gasteiger charge is 2.39. The highest BCUT2D eigenvalue weighted by atomic mass is 32.2. The zero-order valence-electron chi connectivity index (χ0n) is 13.8. The number of nitrogens with zero attached hydrogens (tertiary/aromatic N) is 1. The van der Waals surface area contributed by atoms with Gasteiger partial charge < -0.3 is 10.1 Å². The second-order valence-electron chi connectivity index (χ2n) is 6.07. The van der Waals surface area contributed by atoms with Crippen LogP contribution in [0.2, 0.25) is 0 Å². The van der Waals surface area contributed by atoms with E-state index in [2.05, 4.69) is 11.9 Å². The number of thioether (sulfide) groups is 1. The van der Waals surface area contributed by atoms with Gasteiger partial charge in [0.05, 0.1) is 4.92 Å². The molecule has 25 heavy (non-hydrogen) atoms. The number of H-pyrrole nitrogens is 1. The van der Waals surface area contributed by atoms with Gasteiger partial charge in [-0.1, -0.05) is 13.3 Å². The first-order valence-electron chi connectivity index (χ1n) is 7.75. The molecule has 0 spiro atoms. The molecule has 0 aliphatic rings. The molecule has 138 valence electrons. The highest BCUT2D eigenvalue weighted by molar-refractivity contribution is 7.99. The summed E-state index contributed by atoms with van der Waals surface area (Å²) in [5.74, 6) is 1.24. The van der Waals surface area contributed by atoms with Crippen LogP contribution < -0.4 is 0 Å². The molecule has 0 aliphatic carbocycles. The SMILES string of the molecule is CCCCSCC(C)(O)c1cc2cc([N+](=O)[O-])c(C(F)(F)F)cc2[nH]1. The standard InChI is InChI=1S/C16H19F3N2O3S/c1-3-4-5-25-9-15(2,22)14-7-10-6-13(21(23)24)11(16(17,18)19)8-12(10)20-14/h6-8,20,22H,3-5,9H2,1-2H3. The fourth-order valence-electron chi connectivity index (χ4n) is 2.43. The molecule has 1 unspecified atom stereocenters. The molecule has 0 amide bonds. The minimum atomic E-state index is -4.83. The summed E-state index contributed by atoms with van der Waals surface area (Å²) in [4.78, 5) is 12.7. The number of aromatic amines is 1. The minimum absolute atomic E-state index is 0.103. The number of hydrogen-bond donors (Lipinski definition) is 2. The van der Waals surface area contributed by atoms with Crippen LogP contribution in [0.15, 0.2) is 18.2 Å². The zero-order valence-corrected chi connectivity index (χ0v) is 14.6. The Bertz CT molecular complexity index is 772. The van der Waals surface area contributed by atoms with Crippen molar-refractivity contribution >= 4 is 28.4 Å². The summed E-state index contributed by atoms with van der Waals surface area (Å²) < 4.78 is 39.1. The number of aliphatic hydroxyl groups is 1. The van der Waals surface area contributed by atoms with Crippen LogP contribution in [-0.4, -0.2) is 26.5 Å². The van der Waals surface area contributed by atoms with E-state index in [-0.39, 0.29) is 10.9 Å². The van der Waals surface area contributed by atoms with Gasteiger partial charge in [0.15, 0.2) is 0 Å². The van der Waals surface area contributed by atoms with Crippen molar-refractivity contribution in [3.8, 4) is 0 Å². The molecule has 0 radical (unpaired) electrons. The molecule has 2 N–H and O–H groups in total. The third-order valence-corrected chi connectivity index (χ3v) is 5.19. The van der Waals surface area contributed by atoms with Crippen LogP contribution in [0.1, 0.15) is 37.9 Å². The molecule has 1 aromatic carbocycles. The zero-order chi connectivity index (χ0) is 18.8. The molecule has 0 saturated carbocycles. The summed E-state index contributed by atoms with van der Waals surface area (Å²) in [5.41, 5.74) is -3.14. The monoisotopic (exact) mass is 376 g/mol. The average Bonchev–Trinajstić information content (AvgIpc) is 2.93. The molecule has 5 nitrogen and oxygen atoms in total. The summed E-state index contributed by atoms with van der Waals surface area (Å²) in [6, 6.07) is 3.07. The van der Waals surface area contributed by atoms with Gasteiger partial charge in [0.1, 0.15) is 11.2 Å². The third kappa shape index (κ3) is 4.46. The minimum Gasteiger partial charge on any atom is -0.383 e. The Kier molecular flexibility index (Phi) is 5.68. The van der Waals surface area contributed by atoms with E-state index in [1.165, 1.54) is 6.07 Å². The van der Waals surface area contributed by atoms with Gasteiger partial charge in [-0.05, 0) is 31.2 Å². The third-order valence-electron chi connectivity index (χ3n) is 3.84. The van der Waals surface area contributed by atoms with Gasteiger partial charge in [-0.15, -0.1) is 0 Å². The van der Waals surface area contributed by atoms with E-state index in [0.29, 0.717) is 11.4 Å². The van der Waals surface area contributed by atoms with Gasteiger partial charge >= 0.3 is 6.18 Å². The van der Waals surface area contributed by atoms with Crippen molar-refractivity contribution < 1.29 is 23.2 Å². The second kappa shape index (κ2) is 7.25. The predicted molar refractivity (Wildman–Crippen MR) is 91.8 cm³/mol.